The van der Waals surface area contributed by atoms with Crippen LogP contribution in [-0.4, -0.2) is 33.9 Å². The molecule has 0 saturated carbocycles. The number of hydrogen-bond acceptors (Lipinski definition) is 4. The molecule has 1 aromatic heterocycles. The van der Waals surface area contributed by atoms with E-state index in [0.29, 0.717) is 22.2 Å². The van der Waals surface area contributed by atoms with Gasteiger partial charge in [-0.05, 0) is 29.8 Å². The number of benzene rings is 3. The Morgan fingerprint density at radius 1 is 1.06 bits per heavy atom. The SMILES string of the molecule is NC(=O)CN1C(=O)CSC(c2ccc(F)cc2)c2c(-c3ccccc3)nn(-c3ccccc3Cl)c21. The van der Waals surface area contributed by atoms with Crippen molar-refractivity contribution in [3.8, 4) is 16.9 Å². The van der Waals surface area contributed by atoms with Crippen LogP contribution >= 0.6 is 23.4 Å². The Bertz CT molecular complexity index is 1410. The quantitative estimate of drug-likeness (QED) is 0.413. The first kappa shape index (κ1) is 23.1. The van der Waals surface area contributed by atoms with Crippen LogP contribution in [0.1, 0.15) is 16.4 Å². The van der Waals surface area contributed by atoms with Crippen LogP contribution in [0, 0.1) is 5.82 Å². The standard InChI is InChI=1S/C26H20ClFN4O2S/c27-19-8-4-5-9-20(19)32-26-23(24(30-32)16-6-2-1-3-7-16)25(17-10-12-18(28)13-11-17)35-15-22(34)31(26)14-21(29)33/h1-13,25H,14-15H2,(H2,29,33). The van der Waals surface area contributed by atoms with Gasteiger partial charge in [-0.15, -0.1) is 11.8 Å². The Hall–Kier alpha value is -3.62. The van der Waals surface area contributed by atoms with E-state index in [4.69, 9.17) is 22.4 Å². The highest BCUT2D eigenvalue weighted by molar-refractivity contribution is 8.00. The lowest BCUT2D eigenvalue weighted by Crippen LogP contribution is -2.40. The van der Waals surface area contributed by atoms with Gasteiger partial charge in [-0.3, -0.25) is 14.5 Å². The molecule has 5 rings (SSSR count). The third-order valence-corrected chi connectivity index (χ3v) is 7.28. The lowest BCUT2D eigenvalue weighted by molar-refractivity contribution is -0.121. The molecule has 0 radical (unpaired) electrons. The minimum atomic E-state index is -0.650. The van der Waals surface area contributed by atoms with Gasteiger partial charge in [-0.25, -0.2) is 9.07 Å². The van der Waals surface area contributed by atoms with Gasteiger partial charge >= 0.3 is 0 Å². The maximum Gasteiger partial charge on any atom is 0.238 e. The van der Waals surface area contributed by atoms with E-state index in [1.165, 1.54) is 28.8 Å². The Balaban J connectivity index is 1.86. The molecule has 35 heavy (non-hydrogen) atoms. The molecule has 1 aliphatic rings. The van der Waals surface area contributed by atoms with Gasteiger partial charge in [0.2, 0.25) is 11.8 Å². The van der Waals surface area contributed by atoms with E-state index in [2.05, 4.69) is 0 Å². The monoisotopic (exact) mass is 506 g/mol. The second-order valence-electron chi connectivity index (χ2n) is 8.00. The van der Waals surface area contributed by atoms with Crippen LogP contribution in [0.25, 0.3) is 16.9 Å². The maximum absolute atomic E-state index is 13.8. The summed E-state index contributed by atoms with van der Waals surface area (Å²) in [4.78, 5) is 26.7. The second-order valence-corrected chi connectivity index (χ2v) is 9.50. The van der Waals surface area contributed by atoms with Gasteiger partial charge in [0.1, 0.15) is 18.2 Å². The van der Waals surface area contributed by atoms with Gasteiger partial charge in [0.25, 0.3) is 0 Å². The molecule has 2 heterocycles. The number of carbonyl (C=O) groups excluding carboxylic acids is 2. The summed E-state index contributed by atoms with van der Waals surface area (Å²) >= 11 is 7.95. The molecule has 6 nitrogen and oxygen atoms in total. The van der Waals surface area contributed by atoms with Crippen molar-refractivity contribution < 1.29 is 14.0 Å². The predicted molar refractivity (Wildman–Crippen MR) is 136 cm³/mol. The zero-order chi connectivity index (χ0) is 24.5. The van der Waals surface area contributed by atoms with Gasteiger partial charge in [0.05, 0.1) is 27.4 Å². The van der Waals surface area contributed by atoms with Crippen LogP contribution in [0.2, 0.25) is 5.02 Å². The summed E-state index contributed by atoms with van der Waals surface area (Å²) in [7, 11) is 0. The van der Waals surface area contributed by atoms with Gasteiger partial charge in [-0.1, -0.05) is 66.2 Å². The fourth-order valence-electron chi connectivity index (χ4n) is 4.18. The Morgan fingerprint density at radius 3 is 2.43 bits per heavy atom. The van der Waals surface area contributed by atoms with Crippen molar-refractivity contribution in [3.63, 3.8) is 0 Å². The van der Waals surface area contributed by atoms with Gasteiger partial charge in [0.15, 0.2) is 0 Å². The molecular formula is C26H20ClFN4O2S. The van der Waals surface area contributed by atoms with E-state index < -0.39 is 5.91 Å². The highest BCUT2D eigenvalue weighted by Crippen LogP contribution is 2.48. The minimum absolute atomic E-state index is 0.0980. The predicted octanol–water partition coefficient (Wildman–Crippen LogP) is 4.99. The number of thioether (sulfide) groups is 1. The van der Waals surface area contributed by atoms with E-state index in [0.717, 1.165) is 16.7 Å². The molecule has 2 amide bonds. The fourth-order valence-corrected chi connectivity index (χ4v) is 5.59. The lowest BCUT2D eigenvalue weighted by Gasteiger charge is -2.22. The lowest BCUT2D eigenvalue weighted by atomic mass is 9.99. The average molecular weight is 507 g/mol. The van der Waals surface area contributed by atoms with Crippen molar-refractivity contribution in [2.75, 3.05) is 17.2 Å². The van der Waals surface area contributed by atoms with E-state index in [1.54, 1.807) is 35.0 Å². The van der Waals surface area contributed by atoms with Crippen molar-refractivity contribution >= 4 is 41.0 Å². The molecule has 0 bridgehead atoms. The van der Waals surface area contributed by atoms with Crippen molar-refractivity contribution in [2.24, 2.45) is 5.73 Å². The molecule has 0 fully saturated rings. The first-order valence-corrected chi connectivity index (χ1v) is 12.3. The average Bonchev–Trinajstić information content (AvgIpc) is 3.17. The summed E-state index contributed by atoms with van der Waals surface area (Å²) < 4.78 is 15.4. The smallest absolute Gasteiger partial charge is 0.238 e. The molecule has 0 aliphatic carbocycles. The number of hydrogen-bond donors (Lipinski definition) is 1. The number of nitrogens with zero attached hydrogens (tertiary/aromatic N) is 3. The van der Waals surface area contributed by atoms with Crippen LogP contribution in [0.5, 0.6) is 0 Å². The molecule has 2 N–H and O–H groups in total. The number of rotatable bonds is 5. The third-order valence-electron chi connectivity index (χ3n) is 5.70. The molecule has 0 saturated heterocycles. The van der Waals surface area contributed by atoms with Crippen LogP contribution in [0.4, 0.5) is 10.2 Å². The fraction of sp³-hybridized carbons (Fsp3) is 0.115. The largest absolute Gasteiger partial charge is 0.368 e. The molecule has 1 atom stereocenters. The number of halogens is 2. The number of fused-ring (bicyclic) bond motifs is 1. The summed E-state index contributed by atoms with van der Waals surface area (Å²) in [6, 6.07) is 22.9. The normalized spacial score (nSPS) is 15.5. The zero-order valence-corrected chi connectivity index (χ0v) is 20.0. The molecule has 0 spiro atoms. The highest BCUT2D eigenvalue weighted by Gasteiger charge is 2.37. The van der Waals surface area contributed by atoms with Crippen LogP contribution in [0.3, 0.4) is 0 Å². The van der Waals surface area contributed by atoms with Crippen molar-refractivity contribution in [1.29, 1.82) is 0 Å². The molecule has 4 aromatic rings. The molecule has 9 heteroatoms. The first-order valence-electron chi connectivity index (χ1n) is 10.8. The Kier molecular flexibility index (Phi) is 6.32. The summed E-state index contributed by atoms with van der Waals surface area (Å²) in [5, 5.41) is 4.99. The van der Waals surface area contributed by atoms with Crippen LogP contribution < -0.4 is 10.6 Å². The summed E-state index contributed by atoms with van der Waals surface area (Å²) in [6.45, 7) is -0.313. The molecule has 176 valence electrons. The van der Waals surface area contributed by atoms with Crippen LogP contribution in [-0.2, 0) is 9.59 Å². The number of nitrogens with two attached hydrogens (primary N) is 1. The van der Waals surface area contributed by atoms with Crippen LogP contribution in [0.15, 0.2) is 78.9 Å². The van der Waals surface area contributed by atoms with Crippen molar-refractivity contribution in [1.82, 2.24) is 9.78 Å². The van der Waals surface area contributed by atoms with E-state index >= 15 is 0 Å². The number of para-hydroxylation sites is 1. The van der Waals surface area contributed by atoms with E-state index in [-0.39, 0.29) is 29.3 Å². The Morgan fingerprint density at radius 2 is 1.74 bits per heavy atom. The number of aromatic nitrogens is 2. The summed E-state index contributed by atoms with van der Waals surface area (Å²) in [6.07, 6.45) is 0. The topological polar surface area (TPSA) is 81.2 Å². The minimum Gasteiger partial charge on any atom is -0.368 e. The molecule has 1 unspecified atom stereocenters. The van der Waals surface area contributed by atoms with E-state index in [9.17, 15) is 14.0 Å². The third kappa shape index (κ3) is 4.42. The maximum atomic E-state index is 13.8. The van der Waals surface area contributed by atoms with Crippen molar-refractivity contribution in [2.45, 2.75) is 5.25 Å². The van der Waals surface area contributed by atoms with Gasteiger partial charge < -0.3 is 5.73 Å². The molecule has 3 aromatic carbocycles. The van der Waals surface area contributed by atoms with Gasteiger partial charge in [-0.2, -0.15) is 5.10 Å². The number of amides is 2. The zero-order valence-electron chi connectivity index (χ0n) is 18.4. The number of carbonyl (C=O) groups is 2. The molecule has 1 aliphatic heterocycles. The number of anilines is 1. The highest BCUT2D eigenvalue weighted by atomic mass is 35.5. The van der Waals surface area contributed by atoms with E-state index in [1.807, 2.05) is 36.4 Å². The van der Waals surface area contributed by atoms with Crippen molar-refractivity contribution in [3.05, 3.63) is 101 Å². The second kappa shape index (κ2) is 9.56. The van der Waals surface area contributed by atoms with Gasteiger partial charge in [0, 0.05) is 11.1 Å². The first-order chi connectivity index (χ1) is 16.9. The summed E-state index contributed by atoms with van der Waals surface area (Å²) in [5.41, 5.74) is 9.10. The Labute approximate surface area is 210 Å². The molecular weight excluding hydrogens is 487 g/mol. The summed E-state index contributed by atoms with van der Waals surface area (Å²) in [5.74, 6) is -0.773. The number of primary amides is 1.